The van der Waals surface area contributed by atoms with Gasteiger partial charge in [0.2, 0.25) is 0 Å². The van der Waals surface area contributed by atoms with Crippen LogP contribution in [-0.4, -0.2) is 13.3 Å². The van der Waals surface area contributed by atoms with Crippen LogP contribution in [0.1, 0.15) is 132 Å². The molecule has 1 aromatic heterocycles. The number of rotatable bonds is 4. The molecule has 1 spiro atoms. The average molecular weight is 524 g/mol. The Bertz CT molecular complexity index is 1170. The van der Waals surface area contributed by atoms with Gasteiger partial charge in [-0.1, -0.05) is 73.4 Å². The van der Waals surface area contributed by atoms with Crippen molar-refractivity contribution in [3.05, 3.63) is 63.7 Å². The molecular weight excluding hydrogens is 477 g/mol. The molecule has 5 rings (SSSR count). The van der Waals surface area contributed by atoms with Gasteiger partial charge in [0, 0.05) is 22.5 Å². The van der Waals surface area contributed by atoms with Crippen LogP contribution in [-0.2, 0) is 21.2 Å². The third kappa shape index (κ3) is 4.63. The number of ether oxygens (including phenoxy) is 1. The maximum atomic E-state index is 13.9. The first-order valence-electron chi connectivity index (χ1n) is 14.3. The molecule has 0 saturated heterocycles. The second-order valence-electron chi connectivity index (χ2n) is 14.5. The van der Waals surface area contributed by atoms with Gasteiger partial charge in [-0.3, -0.25) is 4.98 Å². The third-order valence-electron chi connectivity index (χ3n) is 9.52. The van der Waals surface area contributed by atoms with Gasteiger partial charge in [0.05, 0.1) is 11.7 Å². The van der Waals surface area contributed by atoms with Crippen LogP contribution >= 0.6 is 0 Å². The van der Waals surface area contributed by atoms with Crippen molar-refractivity contribution in [2.75, 3.05) is 0 Å². The summed E-state index contributed by atoms with van der Waals surface area (Å²) >= 11 is 0. The van der Waals surface area contributed by atoms with E-state index in [-0.39, 0.29) is 40.0 Å². The van der Waals surface area contributed by atoms with E-state index in [2.05, 4.69) is 61.6 Å². The molecule has 0 N–H and O–H groups in total. The lowest BCUT2D eigenvalue weighted by Gasteiger charge is -2.45. The van der Waals surface area contributed by atoms with E-state index in [1.54, 1.807) is 12.1 Å². The number of aromatic nitrogens is 1. The molecule has 3 nitrogen and oxygen atoms in total. The van der Waals surface area contributed by atoms with Crippen molar-refractivity contribution in [1.29, 1.82) is 0 Å². The van der Waals surface area contributed by atoms with Gasteiger partial charge in [-0.05, 0) is 78.4 Å². The monoisotopic (exact) mass is 523 g/mol. The fourth-order valence-electron chi connectivity index (χ4n) is 6.65. The van der Waals surface area contributed by atoms with Crippen LogP contribution in [0.2, 0.25) is 18.1 Å². The van der Waals surface area contributed by atoms with Gasteiger partial charge in [-0.25, -0.2) is 4.39 Å². The molecule has 3 aliphatic rings. The van der Waals surface area contributed by atoms with E-state index in [1.807, 2.05) is 12.1 Å². The quantitative estimate of drug-likeness (QED) is 0.374. The first-order chi connectivity index (χ1) is 17.1. The van der Waals surface area contributed by atoms with Crippen LogP contribution < -0.4 is 0 Å². The van der Waals surface area contributed by atoms with Gasteiger partial charge in [-0.15, -0.1) is 0 Å². The van der Waals surface area contributed by atoms with E-state index in [1.165, 1.54) is 35.2 Å². The van der Waals surface area contributed by atoms with Gasteiger partial charge in [0.15, 0.2) is 8.32 Å². The van der Waals surface area contributed by atoms with Crippen molar-refractivity contribution in [3.8, 4) is 0 Å². The van der Waals surface area contributed by atoms with Crippen LogP contribution in [0.3, 0.4) is 0 Å². The van der Waals surface area contributed by atoms with Crippen molar-refractivity contribution in [2.45, 2.75) is 129 Å². The number of hydrogen-bond acceptors (Lipinski definition) is 3. The predicted octanol–water partition coefficient (Wildman–Crippen LogP) is 9.27. The zero-order valence-electron chi connectivity index (χ0n) is 24.4. The van der Waals surface area contributed by atoms with E-state index >= 15 is 0 Å². The zero-order chi connectivity index (χ0) is 27.0. The first kappa shape index (κ1) is 27.0. The van der Waals surface area contributed by atoms with E-state index < -0.39 is 8.32 Å². The molecule has 0 amide bonds. The van der Waals surface area contributed by atoms with Gasteiger partial charge < -0.3 is 9.16 Å². The molecule has 2 aromatic rings. The normalized spacial score (nSPS) is 24.5. The third-order valence-corrected chi connectivity index (χ3v) is 14.0. The molecule has 0 radical (unpaired) electrons. The Balaban J connectivity index is 1.78. The smallest absolute Gasteiger partial charge is 0.192 e. The van der Waals surface area contributed by atoms with Crippen molar-refractivity contribution in [1.82, 2.24) is 4.98 Å². The highest BCUT2D eigenvalue weighted by Gasteiger charge is 2.54. The molecule has 202 valence electrons. The van der Waals surface area contributed by atoms with E-state index in [9.17, 15) is 4.39 Å². The highest BCUT2D eigenvalue weighted by Crippen LogP contribution is 2.60. The molecule has 2 heterocycles. The number of halogens is 1. The summed E-state index contributed by atoms with van der Waals surface area (Å²) in [7, 11) is -2.04. The maximum absolute atomic E-state index is 13.9. The minimum absolute atomic E-state index is 0.0233. The molecule has 1 aliphatic heterocycles. The van der Waals surface area contributed by atoms with Crippen LogP contribution in [0, 0.1) is 11.2 Å². The minimum atomic E-state index is -2.04. The van der Waals surface area contributed by atoms with Crippen LogP contribution in [0.4, 0.5) is 4.39 Å². The van der Waals surface area contributed by atoms with Crippen molar-refractivity contribution < 1.29 is 13.6 Å². The Hall–Kier alpha value is -1.56. The largest absolute Gasteiger partial charge is 0.410 e. The molecule has 2 atom stereocenters. The zero-order valence-corrected chi connectivity index (χ0v) is 25.4. The van der Waals surface area contributed by atoms with Gasteiger partial charge in [0.25, 0.3) is 0 Å². The minimum Gasteiger partial charge on any atom is -0.410 e. The average Bonchev–Trinajstić information content (AvgIpc) is 3.37. The topological polar surface area (TPSA) is 31.4 Å². The van der Waals surface area contributed by atoms with Crippen molar-refractivity contribution in [3.63, 3.8) is 0 Å². The van der Waals surface area contributed by atoms with Crippen LogP contribution in [0.15, 0.2) is 24.3 Å². The summed E-state index contributed by atoms with van der Waals surface area (Å²) in [6.07, 6.45) is 6.17. The Morgan fingerprint density at radius 2 is 1.68 bits per heavy atom. The highest BCUT2D eigenvalue weighted by atomic mass is 28.4. The molecule has 2 aliphatic carbocycles. The summed E-state index contributed by atoms with van der Waals surface area (Å²) in [6, 6.07) is 6.91. The summed E-state index contributed by atoms with van der Waals surface area (Å²) in [5, 5.41) is 0.126. The molecule has 1 saturated carbocycles. The lowest BCUT2D eigenvalue weighted by atomic mass is 9.70. The SMILES string of the molecule is CC(C)c1nc2c(c3c1C(c1ccc(F)cc1)OC31CCCC1)C(O[Si](C)(C)C(C)(C)C)CC(C)(C)C2. The lowest BCUT2D eigenvalue weighted by molar-refractivity contribution is -0.0579. The maximum Gasteiger partial charge on any atom is 0.192 e. The number of nitrogens with zero attached hydrogens (tertiary/aromatic N) is 1. The second kappa shape index (κ2) is 8.99. The standard InChI is InChI=1S/C32H46FNO2Si/c1-20(2)28-26-27(32(16-10-11-17-32)35-29(26)21-12-14-22(33)15-13-21)25-23(34-28)18-31(6,7)19-24(25)36-37(8,9)30(3,4)5/h12-15,20,24,29H,10-11,16-19H2,1-9H3. The first-order valence-corrected chi connectivity index (χ1v) is 17.2. The van der Waals surface area contributed by atoms with Crippen molar-refractivity contribution >= 4 is 8.32 Å². The Kier molecular flexibility index (Phi) is 6.57. The van der Waals surface area contributed by atoms with E-state index in [0.717, 1.165) is 36.9 Å². The summed E-state index contributed by atoms with van der Waals surface area (Å²) < 4.78 is 28.3. The fraction of sp³-hybridized carbons (Fsp3) is 0.656. The molecule has 1 aromatic carbocycles. The molecule has 0 bridgehead atoms. The van der Waals surface area contributed by atoms with E-state index in [4.69, 9.17) is 14.1 Å². The predicted molar refractivity (Wildman–Crippen MR) is 151 cm³/mol. The second-order valence-corrected chi connectivity index (χ2v) is 19.2. The van der Waals surface area contributed by atoms with Crippen LogP contribution in [0.5, 0.6) is 0 Å². The molecule has 37 heavy (non-hydrogen) atoms. The Morgan fingerprint density at radius 1 is 1.05 bits per heavy atom. The summed E-state index contributed by atoms with van der Waals surface area (Å²) in [6.45, 7) is 20.9. The summed E-state index contributed by atoms with van der Waals surface area (Å²) in [5.41, 5.74) is 7.16. The number of pyridine rings is 1. The van der Waals surface area contributed by atoms with Gasteiger partial charge in [0.1, 0.15) is 11.9 Å². The fourth-order valence-corrected chi connectivity index (χ4v) is 7.92. The number of benzene rings is 1. The summed E-state index contributed by atoms with van der Waals surface area (Å²) in [4.78, 5) is 5.45. The van der Waals surface area contributed by atoms with Crippen molar-refractivity contribution in [2.24, 2.45) is 5.41 Å². The Morgan fingerprint density at radius 3 is 2.24 bits per heavy atom. The molecular formula is C32H46FNO2Si. The van der Waals surface area contributed by atoms with Crippen LogP contribution in [0.25, 0.3) is 0 Å². The van der Waals surface area contributed by atoms with Gasteiger partial charge >= 0.3 is 0 Å². The molecule has 5 heteroatoms. The Labute approximate surface area is 224 Å². The van der Waals surface area contributed by atoms with E-state index in [0.29, 0.717) is 0 Å². The number of hydrogen-bond donors (Lipinski definition) is 0. The molecule has 2 unspecified atom stereocenters. The molecule has 1 fully saturated rings. The van der Waals surface area contributed by atoms with Gasteiger partial charge in [-0.2, -0.15) is 0 Å². The summed E-state index contributed by atoms with van der Waals surface area (Å²) in [5.74, 6) is 0.0576. The number of fused-ring (bicyclic) bond motifs is 4. The highest BCUT2D eigenvalue weighted by molar-refractivity contribution is 6.74. The lowest BCUT2D eigenvalue weighted by Crippen LogP contribution is -2.44.